The van der Waals surface area contributed by atoms with Crippen molar-refractivity contribution in [3.05, 3.63) is 36.4 Å². The first kappa shape index (κ1) is 25.4. The number of sulfonamides is 1. The molecule has 1 heterocycles. The van der Waals surface area contributed by atoms with E-state index < -0.39 is 28.0 Å². The molecule has 2 aromatic carbocycles. The van der Waals surface area contributed by atoms with Gasteiger partial charge in [0.15, 0.2) is 5.96 Å². The summed E-state index contributed by atoms with van der Waals surface area (Å²) in [5.74, 6) is -0.515. The number of aldehydes is 1. The highest BCUT2D eigenvalue weighted by molar-refractivity contribution is 7.89. The molecule has 0 bridgehead atoms. The van der Waals surface area contributed by atoms with Crippen LogP contribution in [0.1, 0.15) is 25.7 Å². The van der Waals surface area contributed by atoms with Gasteiger partial charge in [0, 0.05) is 43.6 Å². The van der Waals surface area contributed by atoms with E-state index in [9.17, 15) is 18.0 Å². The average Bonchev–Trinajstić information content (AvgIpc) is 3.31. The van der Waals surface area contributed by atoms with Crippen LogP contribution in [0.15, 0.2) is 46.3 Å². The number of carbonyl (C=O) groups is 2. The van der Waals surface area contributed by atoms with Crippen molar-refractivity contribution in [2.24, 2.45) is 16.5 Å². The maximum atomic E-state index is 13.7. The van der Waals surface area contributed by atoms with E-state index in [1.54, 1.807) is 18.2 Å². The number of hydrogen-bond donors (Lipinski definition) is 3. The van der Waals surface area contributed by atoms with Crippen LogP contribution < -0.4 is 21.7 Å². The first-order chi connectivity index (χ1) is 16.2. The maximum absolute atomic E-state index is 13.7. The summed E-state index contributed by atoms with van der Waals surface area (Å²) in [7, 11) is -0.154. The number of aliphatic imine (C=N–C) groups is 1. The standard InChI is InChI=1S/C23H32N6O4S/c1-28(2)19-10-3-9-18-17(19)8-4-12-21(18)34(32,33)29-14-6-11-20(29)22(31)27-16(15-30)7-5-13-26-23(24)25/h3-4,8-10,12,15-16,20H,5-7,11,13-14H2,1-2H3,(H,27,31)(H4,24,25,26)/t16-,20-/m0/s1. The van der Waals surface area contributed by atoms with E-state index in [4.69, 9.17) is 11.5 Å². The summed E-state index contributed by atoms with van der Waals surface area (Å²) in [6.07, 6.45) is 2.44. The van der Waals surface area contributed by atoms with Crippen LogP contribution in [0.5, 0.6) is 0 Å². The van der Waals surface area contributed by atoms with Crippen LogP contribution in [-0.4, -0.2) is 70.1 Å². The van der Waals surface area contributed by atoms with Gasteiger partial charge in [0.05, 0.1) is 10.9 Å². The Balaban J connectivity index is 1.83. The van der Waals surface area contributed by atoms with Crippen LogP contribution in [0.4, 0.5) is 5.69 Å². The molecule has 2 aromatic rings. The van der Waals surface area contributed by atoms with Crippen LogP contribution in [0.25, 0.3) is 10.8 Å². The predicted molar refractivity (Wildman–Crippen MR) is 133 cm³/mol. The smallest absolute Gasteiger partial charge is 0.244 e. The Morgan fingerprint density at radius 1 is 1.24 bits per heavy atom. The molecule has 0 aromatic heterocycles. The number of benzene rings is 2. The third-order valence-corrected chi connectivity index (χ3v) is 7.86. The van der Waals surface area contributed by atoms with Gasteiger partial charge < -0.3 is 26.5 Å². The van der Waals surface area contributed by atoms with E-state index in [1.807, 2.05) is 37.2 Å². The second-order valence-electron chi connectivity index (χ2n) is 8.50. The molecule has 3 rings (SSSR count). The first-order valence-corrected chi connectivity index (χ1v) is 12.6. The number of amides is 1. The molecule has 1 amide bonds. The summed E-state index contributed by atoms with van der Waals surface area (Å²) in [5.41, 5.74) is 11.5. The lowest BCUT2D eigenvalue weighted by Crippen LogP contribution is -2.49. The molecule has 11 heteroatoms. The van der Waals surface area contributed by atoms with Gasteiger partial charge in [-0.25, -0.2) is 8.42 Å². The van der Waals surface area contributed by atoms with Crippen molar-refractivity contribution >= 4 is 44.6 Å². The molecule has 34 heavy (non-hydrogen) atoms. The third kappa shape index (κ3) is 5.48. The van der Waals surface area contributed by atoms with Crippen molar-refractivity contribution in [1.82, 2.24) is 9.62 Å². The van der Waals surface area contributed by atoms with Crippen LogP contribution in [-0.2, 0) is 19.6 Å². The van der Waals surface area contributed by atoms with Gasteiger partial charge in [-0.2, -0.15) is 4.31 Å². The fourth-order valence-electron chi connectivity index (χ4n) is 4.27. The van der Waals surface area contributed by atoms with Crippen molar-refractivity contribution in [3.63, 3.8) is 0 Å². The lowest BCUT2D eigenvalue weighted by atomic mass is 10.1. The van der Waals surface area contributed by atoms with Crippen molar-refractivity contribution in [1.29, 1.82) is 0 Å². The van der Waals surface area contributed by atoms with Gasteiger partial charge in [-0.15, -0.1) is 0 Å². The molecule has 0 aliphatic carbocycles. The van der Waals surface area contributed by atoms with Gasteiger partial charge in [0.1, 0.15) is 12.3 Å². The maximum Gasteiger partial charge on any atom is 0.244 e. The summed E-state index contributed by atoms with van der Waals surface area (Å²) in [6, 6.07) is 9.08. The predicted octanol–water partition coefficient (Wildman–Crippen LogP) is 0.796. The number of carbonyl (C=O) groups excluding carboxylic acids is 2. The van der Waals surface area contributed by atoms with Gasteiger partial charge in [0.2, 0.25) is 15.9 Å². The van der Waals surface area contributed by atoms with Gasteiger partial charge >= 0.3 is 0 Å². The molecule has 0 spiro atoms. The zero-order valence-corrected chi connectivity index (χ0v) is 20.3. The summed E-state index contributed by atoms with van der Waals surface area (Å²) >= 11 is 0. The normalized spacial score (nSPS) is 17.3. The molecular weight excluding hydrogens is 456 g/mol. The third-order valence-electron chi connectivity index (χ3n) is 5.89. The summed E-state index contributed by atoms with van der Waals surface area (Å²) in [4.78, 5) is 30.4. The molecule has 1 aliphatic heterocycles. The lowest BCUT2D eigenvalue weighted by Gasteiger charge is -2.25. The number of rotatable bonds is 10. The van der Waals surface area contributed by atoms with E-state index in [0.717, 1.165) is 11.1 Å². The molecule has 5 N–H and O–H groups in total. The summed E-state index contributed by atoms with van der Waals surface area (Å²) < 4.78 is 28.6. The number of anilines is 1. The van der Waals surface area contributed by atoms with E-state index in [0.29, 0.717) is 43.9 Å². The Bertz CT molecular complexity index is 1180. The zero-order chi connectivity index (χ0) is 24.9. The monoisotopic (exact) mass is 488 g/mol. The molecule has 2 atom stereocenters. The van der Waals surface area contributed by atoms with E-state index >= 15 is 0 Å². The second kappa shape index (κ2) is 10.8. The number of nitrogens with one attached hydrogen (secondary N) is 1. The molecule has 10 nitrogen and oxygen atoms in total. The van der Waals surface area contributed by atoms with Gasteiger partial charge in [-0.05, 0) is 37.8 Å². The Morgan fingerprint density at radius 3 is 2.62 bits per heavy atom. The number of nitrogens with zero attached hydrogens (tertiary/aromatic N) is 3. The molecule has 1 fully saturated rings. The lowest BCUT2D eigenvalue weighted by molar-refractivity contribution is -0.126. The largest absolute Gasteiger partial charge is 0.377 e. The van der Waals surface area contributed by atoms with Crippen LogP contribution in [0.2, 0.25) is 0 Å². The van der Waals surface area contributed by atoms with E-state index in [2.05, 4.69) is 10.3 Å². The Labute approximate surface area is 200 Å². The molecule has 0 saturated carbocycles. The van der Waals surface area contributed by atoms with Crippen molar-refractivity contribution in [2.75, 3.05) is 32.1 Å². The summed E-state index contributed by atoms with van der Waals surface area (Å²) in [6.45, 7) is 0.572. The van der Waals surface area contributed by atoms with Gasteiger partial charge in [0.25, 0.3) is 0 Å². The number of hydrogen-bond acceptors (Lipinski definition) is 6. The average molecular weight is 489 g/mol. The van der Waals surface area contributed by atoms with Crippen LogP contribution in [0.3, 0.4) is 0 Å². The SMILES string of the molecule is CN(C)c1cccc2c(S(=O)(=O)N3CCC[C@H]3C(=O)N[C@H](C=O)CCCN=C(N)N)cccc12. The first-order valence-electron chi connectivity index (χ1n) is 11.2. The van der Waals surface area contributed by atoms with Gasteiger partial charge in [-0.3, -0.25) is 9.79 Å². The minimum atomic E-state index is -3.95. The van der Waals surface area contributed by atoms with Crippen LogP contribution in [0, 0.1) is 0 Å². The fraction of sp³-hybridized carbons (Fsp3) is 0.435. The highest BCUT2D eigenvalue weighted by Gasteiger charge is 2.40. The van der Waals surface area contributed by atoms with Crippen molar-refractivity contribution in [3.8, 4) is 0 Å². The zero-order valence-electron chi connectivity index (χ0n) is 19.5. The van der Waals surface area contributed by atoms with Crippen LogP contribution >= 0.6 is 0 Å². The number of fused-ring (bicyclic) bond motifs is 1. The molecule has 1 saturated heterocycles. The Morgan fingerprint density at radius 2 is 1.94 bits per heavy atom. The van der Waals surface area contributed by atoms with E-state index in [-0.39, 0.29) is 17.4 Å². The molecule has 0 radical (unpaired) electrons. The summed E-state index contributed by atoms with van der Waals surface area (Å²) in [5, 5.41) is 4.10. The van der Waals surface area contributed by atoms with E-state index in [1.165, 1.54) is 4.31 Å². The number of guanidine groups is 1. The number of nitrogens with two attached hydrogens (primary N) is 2. The van der Waals surface area contributed by atoms with Gasteiger partial charge in [-0.1, -0.05) is 24.3 Å². The molecule has 1 aliphatic rings. The second-order valence-corrected chi connectivity index (χ2v) is 10.4. The van der Waals surface area contributed by atoms with Crippen molar-refractivity contribution < 1.29 is 18.0 Å². The Kier molecular flexibility index (Phi) is 8.11. The van der Waals surface area contributed by atoms with Crippen molar-refractivity contribution in [2.45, 2.75) is 42.7 Å². The highest BCUT2D eigenvalue weighted by atomic mass is 32.2. The minimum Gasteiger partial charge on any atom is -0.377 e. The topological polar surface area (TPSA) is 151 Å². The fourth-order valence-corrected chi connectivity index (χ4v) is 6.13. The molecular formula is C23H32N6O4S. The molecule has 0 unspecified atom stereocenters. The minimum absolute atomic E-state index is 0.0374. The highest BCUT2D eigenvalue weighted by Crippen LogP contribution is 2.34. The quantitative estimate of drug-likeness (QED) is 0.194. The molecule has 184 valence electrons. The Hall–Kier alpha value is -3.18.